The van der Waals surface area contributed by atoms with E-state index in [0.29, 0.717) is 17.1 Å². The highest BCUT2D eigenvalue weighted by Gasteiger charge is 2.09. The number of benzene rings is 1. The van der Waals surface area contributed by atoms with Gasteiger partial charge in [0.05, 0.1) is 11.3 Å². The van der Waals surface area contributed by atoms with E-state index in [1.807, 2.05) is 49.2 Å². The van der Waals surface area contributed by atoms with E-state index < -0.39 is 0 Å². The van der Waals surface area contributed by atoms with Crippen LogP contribution < -0.4 is 10.6 Å². The van der Waals surface area contributed by atoms with Crippen molar-refractivity contribution < 1.29 is 0 Å². The van der Waals surface area contributed by atoms with E-state index in [-0.39, 0.29) is 0 Å². The van der Waals surface area contributed by atoms with Gasteiger partial charge < -0.3 is 10.6 Å². The van der Waals surface area contributed by atoms with Crippen molar-refractivity contribution in [3.63, 3.8) is 0 Å². The van der Waals surface area contributed by atoms with E-state index in [9.17, 15) is 0 Å². The molecule has 2 aromatic rings. The van der Waals surface area contributed by atoms with Gasteiger partial charge in [-0.2, -0.15) is 5.26 Å². The molecule has 0 atom stereocenters. The normalized spacial score (nSPS) is 9.83. The Labute approximate surface area is 106 Å². The first-order chi connectivity index (χ1) is 8.61. The fourth-order valence-electron chi connectivity index (χ4n) is 1.71. The molecule has 0 radical (unpaired) electrons. The van der Waals surface area contributed by atoms with Gasteiger partial charge >= 0.3 is 0 Å². The van der Waals surface area contributed by atoms with Gasteiger partial charge in [-0.05, 0) is 25.1 Å². The van der Waals surface area contributed by atoms with Gasteiger partial charge in [0.15, 0.2) is 5.82 Å². The van der Waals surface area contributed by atoms with E-state index in [1.54, 1.807) is 6.07 Å². The summed E-state index contributed by atoms with van der Waals surface area (Å²) in [6.07, 6.45) is 1.52. The van der Waals surface area contributed by atoms with Crippen LogP contribution in [0.15, 0.2) is 36.5 Å². The third kappa shape index (κ3) is 2.25. The van der Waals surface area contributed by atoms with E-state index in [0.717, 1.165) is 5.69 Å². The number of rotatable bonds is 2. The highest BCUT2D eigenvalue weighted by atomic mass is 15.2. The molecule has 1 aromatic heterocycles. The highest BCUT2D eigenvalue weighted by Crippen LogP contribution is 2.27. The first-order valence-corrected chi connectivity index (χ1v) is 5.58. The number of nitrogens with zero attached hydrogens (tertiary/aromatic N) is 3. The molecule has 0 aliphatic carbocycles. The van der Waals surface area contributed by atoms with Gasteiger partial charge in [-0.3, -0.25) is 0 Å². The number of hydrogen-bond donors (Lipinski definition) is 1. The van der Waals surface area contributed by atoms with E-state index in [4.69, 9.17) is 11.0 Å². The zero-order valence-corrected chi connectivity index (χ0v) is 10.4. The summed E-state index contributed by atoms with van der Waals surface area (Å²) >= 11 is 0. The van der Waals surface area contributed by atoms with Crippen LogP contribution in [0.2, 0.25) is 0 Å². The van der Waals surface area contributed by atoms with Crippen LogP contribution in [-0.2, 0) is 0 Å². The minimum absolute atomic E-state index is 0.466. The molecule has 0 saturated heterocycles. The zero-order chi connectivity index (χ0) is 13.1. The monoisotopic (exact) mass is 238 g/mol. The highest BCUT2D eigenvalue weighted by molar-refractivity contribution is 5.71. The third-order valence-corrected chi connectivity index (χ3v) is 2.76. The number of anilines is 3. The summed E-state index contributed by atoms with van der Waals surface area (Å²) in [5.74, 6) is 0.651. The van der Waals surface area contributed by atoms with Crippen molar-refractivity contribution in [2.24, 2.45) is 0 Å². The Kier molecular flexibility index (Phi) is 3.16. The Morgan fingerprint density at radius 2 is 1.94 bits per heavy atom. The minimum Gasteiger partial charge on any atom is -0.396 e. The average molecular weight is 238 g/mol. The first kappa shape index (κ1) is 11.9. The zero-order valence-electron chi connectivity index (χ0n) is 10.4. The standard InChI is InChI=1S/C14H14N4/c1-10-3-5-12(6-4-10)18(2)14-13(16)7-11(8-15)9-17-14/h3-7,9H,16H2,1-2H3. The topological polar surface area (TPSA) is 65.9 Å². The minimum atomic E-state index is 0.466. The second kappa shape index (κ2) is 4.76. The second-order valence-electron chi connectivity index (χ2n) is 4.14. The van der Waals surface area contributed by atoms with Crippen LogP contribution in [0, 0.1) is 18.3 Å². The van der Waals surface area contributed by atoms with Gasteiger partial charge in [0.25, 0.3) is 0 Å². The summed E-state index contributed by atoms with van der Waals surface area (Å²) in [6.45, 7) is 2.04. The van der Waals surface area contributed by atoms with Gasteiger partial charge in [0, 0.05) is 18.9 Å². The summed E-state index contributed by atoms with van der Waals surface area (Å²) < 4.78 is 0. The van der Waals surface area contributed by atoms with Crippen LogP contribution in [0.5, 0.6) is 0 Å². The maximum absolute atomic E-state index is 8.78. The molecule has 0 saturated carbocycles. The molecule has 0 fully saturated rings. The molecule has 1 heterocycles. The van der Waals surface area contributed by atoms with E-state index >= 15 is 0 Å². The quantitative estimate of drug-likeness (QED) is 0.873. The molecule has 4 nitrogen and oxygen atoms in total. The number of nitriles is 1. The molecule has 0 spiro atoms. The summed E-state index contributed by atoms with van der Waals surface area (Å²) in [5, 5.41) is 8.78. The van der Waals surface area contributed by atoms with Crippen LogP contribution in [0.1, 0.15) is 11.1 Å². The average Bonchev–Trinajstić information content (AvgIpc) is 2.38. The van der Waals surface area contributed by atoms with Crippen LogP contribution in [0.4, 0.5) is 17.2 Å². The van der Waals surface area contributed by atoms with Crippen molar-refractivity contribution in [3.05, 3.63) is 47.7 Å². The molecule has 18 heavy (non-hydrogen) atoms. The number of pyridine rings is 1. The molecule has 2 N–H and O–H groups in total. The van der Waals surface area contributed by atoms with E-state index in [2.05, 4.69) is 4.98 Å². The Balaban J connectivity index is 2.37. The molecule has 0 unspecified atom stereocenters. The van der Waals surface area contributed by atoms with Crippen molar-refractivity contribution >= 4 is 17.2 Å². The van der Waals surface area contributed by atoms with Gasteiger partial charge in [-0.15, -0.1) is 0 Å². The molecule has 1 aromatic carbocycles. The van der Waals surface area contributed by atoms with Gasteiger partial charge in [0.1, 0.15) is 6.07 Å². The van der Waals surface area contributed by atoms with Crippen molar-refractivity contribution in [2.75, 3.05) is 17.7 Å². The Morgan fingerprint density at radius 1 is 1.28 bits per heavy atom. The SMILES string of the molecule is Cc1ccc(N(C)c2ncc(C#N)cc2N)cc1. The molecule has 4 heteroatoms. The Hall–Kier alpha value is -2.54. The lowest BCUT2D eigenvalue weighted by Crippen LogP contribution is -2.13. The fourth-order valence-corrected chi connectivity index (χ4v) is 1.71. The molecule has 0 aliphatic rings. The number of hydrogen-bond acceptors (Lipinski definition) is 4. The molecule has 2 rings (SSSR count). The van der Waals surface area contributed by atoms with Crippen molar-refractivity contribution in [2.45, 2.75) is 6.92 Å². The smallest absolute Gasteiger partial charge is 0.156 e. The number of aromatic nitrogens is 1. The van der Waals surface area contributed by atoms with Gasteiger partial charge in [0.2, 0.25) is 0 Å². The van der Waals surface area contributed by atoms with Crippen LogP contribution >= 0.6 is 0 Å². The van der Waals surface area contributed by atoms with Crippen LogP contribution in [-0.4, -0.2) is 12.0 Å². The number of nitrogens with two attached hydrogens (primary N) is 1. The summed E-state index contributed by atoms with van der Waals surface area (Å²) in [7, 11) is 1.90. The summed E-state index contributed by atoms with van der Waals surface area (Å²) in [6, 6.07) is 11.7. The largest absolute Gasteiger partial charge is 0.396 e. The van der Waals surface area contributed by atoms with Gasteiger partial charge in [-0.1, -0.05) is 17.7 Å². The Morgan fingerprint density at radius 3 is 2.50 bits per heavy atom. The van der Waals surface area contributed by atoms with Crippen LogP contribution in [0.3, 0.4) is 0 Å². The maximum Gasteiger partial charge on any atom is 0.156 e. The number of aryl methyl sites for hydroxylation is 1. The Bertz CT molecular complexity index is 596. The third-order valence-electron chi connectivity index (χ3n) is 2.76. The van der Waals surface area contributed by atoms with Crippen molar-refractivity contribution in [3.8, 4) is 6.07 Å². The van der Waals surface area contributed by atoms with E-state index in [1.165, 1.54) is 11.8 Å². The second-order valence-corrected chi connectivity index (χ2v) is 4.14. The summed E-state index contributed by atoms with van der Waals surface area (Å²) in [5.41, 5.74) is 9.08. The molecule has 0 bridgehead atoms. The molecular weight excluding hydrogens is 224 g/mol. The predicted molar refractivity (Wildman–Crippen MR) is 72.6 cm³/mol. The predicted octanol–water partition coefficient (Wildman–Crippen LogP) is 2.61. The molecule has 0 amide bonds. The maximum atomic E-state index is 8.78. The lowest BCUT2D eigenvalue weighted by atomic mass is 10.2. The van der Waals surface area contributed by atoms with Crippen molar-refractivity contribution in [1.82, 2.24) is 4.98 Å². The lowest BCUT2D eigenvalue weighted by Gasteiger charge is -2.20. The molecule has 0 aliphatic heterocycles. The number of nitrogen functional groups attached to an aromatic ring is 1. The first-order valence-electron chi connectivity index (χ1n) is 5.58. The summed E-state index contributed by atoms with van der Waals surface area (Å²) in [4.78, 5) is 6.12. The molecular formula is C14H14N4. The van der Waals surface area contributed by atoms with Crippen molar-refractivity contribution in [1.29, 1.82) is 5.26 Å². The fraction of sp³-hybridized carbons (Fsp3) is 0.143. The lowest BCUT2D eigenvalue weighted by molar-refractivity contribution is 1.12. The van der Waals surface area contributed by atoms with Crippen LogP contribution in [0.25, 0.3) is 0 Å². The van der Waals surface area contributed by atoms with Gasteiger partial charge in [-0.25, -0.2) is 4.98 Å². The molecule has 90 valence electrons.